The lowest BCUT2D eigenvalue weighted by Crippen LogP contribution is -2.54. The average molecular weight is 226 g/mol. The maximum atomic E-state index is 11.7. The van der Waals surface area contributed by atoms with Gasteiger partial charge in [-0.05, 0) is 12.8 Å². The minimum Gasteiger partial charge on any atom is -0.390 e. The Hall–Kier alpha value is -0.610. The number of hydrogen-bond donors (Lipinski definition) is 2. The number of carbonyl (C=O) groups excluding carboxylic acids is 1. The Morgan fingerprint density at radius 3 is 2.38 bits per heavy atom. The molecule has 0 aromatic carbocycles. The molecular formula is C12H22N2O2. The lowest BCUT2D eigenvalue weighted by molar-refractivity contribution is -0.125. The van der Waals surface area contributed by atoms with Crippen LogP contribution < -0.4 is 5.32 Å². The number of likely N-dealkylation sites (tertiary alicyclic amines) is 1. The van der Waals surface area contributed by atoms with Crippen LogP contribution in [-0.4, -0.2) is 47.7 Å². The molecule has 0 unspecified atom stereocenters. The SMILES string of the molecule is O=C(CN1CC(O)C1)NC1CCCCCC1. The van der Waals surface area contributed by atoms with E-state index >= 15 is 0 Å². The first-order valence-corrected chi connectivity index (χ1v) is 6.44. The molecule has 4 nitrogen and oxygen atoms in total. The number of nitrogens with one attached hydrogen (secondary N) is 1. The first-order valence-electron chi connectivity index (χ1n) is 6.44. The first-order chi connectivity index (χ1) is 7.74. The van der Waals surface area contributed by atoms with E-state index in [1.807, 2.05) is 4.90 Å². The van der Waals surface area contributed by atoms with Crippen molar-refractivity contribution in [2.45, 2.75) is 50.7 Å². The van der Waals surface area contributed by atoms with Gasteiger partial charge in [-0.2, -0.15) is 0 Å². The zero-order valence-electron chi connectivity index (χ0n) is 9.82. The van der Waals surface area contributed by atoms with E-state index in [0.717, 1.165) is 12.8 Å². The molecular weight excluding hydrogens is 204 g/mol. The van der Waals surface area contributed by atoms with E-state index < -0.39 is 0 Å². The third-order valence-corrected chi connectivity index (χ3v) is 3.53. The van der Waals surface area contributed by atoms with Gasteiger partial charge in [0.15, 0.2) is 0 Å². The molecule has 4 heteroatoms. The van der Waals surface area contributed by atoms with Crippen molar-refractivity contribution in [1.29, 1.82) is 0 Å². The van der Waals surface area contributed by atoms with Crippen molar-refractivity contribution in [2.75, 3.05) is 19.6 Å². The lowest BCUT2D eigenvalue weighted by atomic mass is 10.1. The van der Waals surface area contributed by atoms with Crippen LogP contribution in [0.25, 0.3) is 0 Å². The fourth-order valence-electron chi connectivity index (χ4n) is 2.57. The van der Waals surface area contributed by atoms with Crippen molar-refractivity contribution in [3.63, 3.8) is 0 Å². The number of carbonyl (C=O) groups is 1. The third kappa shape index (κ3) is 3.46. The summed E-state index contributed by atoms with van der Waals surface area (Å²) in [6.45, 7) is 1.75. The van der Waals surface area contributed by atoms with E-state index in [4.69, 9.17) is 5.11 Å². The smallest absolute Gasteiger partial charge is 0.234 e. The Kier molecular flexibility index (Phi) is 4.18. The van der Waals surface area contributed by atoms with Gasteiger partial charge >= 0.3 is 0 Å². The largest absolute Gasteiger partial charge is 0.390 e. The van der Waals surface area contributed by atoms with Gasteiger partial charge in [-0.3, -0.25) is 9.69 Å². The van der Waals surface area contributed by atoms with E-state index in [2.05, 4.69) is 5.32 Å². The number of amides is 1. The summed E-state index contributed by atoms with van der Waals surface area (Å²) in [7, 11) is 0. The summed E-state index contributed by atoms with van der Waals surface area (Å²) in [5.41, 5.74) is 0. The predicted octanol–water partition coefficient (Wildman–Crippen LogP) is 0.502. The molecule has 0 aromatic rings. The van der Waals surface area contributed by atoms with Gasteiger partial charge < -0.3 is 10.4 Å². The van der Waals surface area contributed by atoms with Crippen LogP contribution in [0.4, 0.5) is 0 Å². The zero-order chi connectivity index (χ0) is 11.4. The Bertz CT molecular complexity index is 231. The molecule has 0 bridgehead atoms. The van der Waals surface area contributed by atoms with Crippen molar-refractivity contribution in [3.8, 4) is 0 Å². The maximum Gasteiger partial charge on any atom is 0.234 e. The Morgan fingerprint density at radius 2 is 1.81 bits per heavy atom. The Balaban J connectivity index is 1.65. The number of hydrogen-bond acceptors (Lipinski definition) is 3. The molecule has 0 spiro atoms. The summed E-state index contributed by atoms with van der Waals surface area (Å²) < 4.78 is 0. The monoisotopic (exact) mass is 226 g/mol. The highest BCUT2D eigenvalue weighted by molar-refractivity contribution is 5.78. The van der Waals surface area contributed by atoms with Gasteiger partial charge in [0.05, 0.1) is 12.6 Å². The average Bonchev–Trinajstić information content (AvgIpc) is 2.44. The summed E-state index contributed by atoms with van der Waals surface area (Å²) in [5, 5.41) is 12.2. The fraction of sp³-hybridized carbons (Fsp3) is 0.917. The second kappa shape index (κ2) is 5.64. The molecule has 2 N–H and O–H groups in total. The molecule has 0 atom stereocenters. The highest BCUT2D eigenvalue weighted by atomic mass is 16.3. The standard InChI is InChI=1S/C12H22N2O2/c15-11-7-14(8-11)9-12(16)13-10-5-3-1-2-4-6-10/h10-11,15H,1-9H2,(H,13,16). The summed E-state index contributed by atoms with van der Waals surface area (Å²) in [4.78, 5) is 13.7. The number of aliphatic hydroxyl groups excluding tert-OH is 1. The molecule has 1 heterocycles. The van der Waals surface area contributed by atoms with Gasteiger partial charge in [-0.1, -0.05) is 25.7 Å². The van der Waals surface area contributed by atoms with Gasteiger partial charge in [0.25, 0.3) is 0 Å². The number of β-amino-alcohol motifs (C(OH)–C–C–N with tert-alkyl or cyclic N) is 1. The van der Waals surface area contributed by atoms with Crippen LogP contribution in [0.1, 0.15) is 38.5 Å². The topological polar surface area (TPSA) is 52.6 Å². The predicted molar refractivity (Wildman–Crippen MR) is 62.1 cm³/mol. The highest BCUT2D eigenvalue weighted by Gasteiger charge is 2.26. The van der Waals surface area contributed by atoms with Crippen LogP contribution in [-0.2, 0) is 4.79 Å². The Labute approximate surface area is 97.0 Å². The minimum atomic E-state index is -0.217. The molecule has 0 radical (unpaired) electrons. The Morgan fingerprint density at radius 1 is 1.19 bits per heavy atom. The molecule has 1 saturated heterocycles. The van der Waals surface area contributed by atoms with Crippen molar-refractivity contribution in [1.82, 2.24) is 10.2 Å². The summed E-state index contributed by atoms with van der Waals surface area (Å²) in [6.07, 6.45) is 7.16. The van der Waals surface area contributed by atoms with Crippen LogP contribution in [0.5, 0.6) is 0 Å². The lowest BCUT2D eigenvalue weighted by Gasteiger charge is -2.35. The summed E-state index contributed by atoms with van der Waals surface area (Å²) >= 11 is 0. The van der Waals surface area contributed by atoms with Gasteiger partial charge in [-0.25, -0.2) is 0 Å². The number of nitrogens with zero attached hydrogens (tertiary/aromatic N) is 1. The molecule has 1 aliphatic heterocycles. The molecule has 2 fully saturated rings. The number of aliphatic hydroxyl groups is 1. The van der Waals surface area contributed by atoms with Crippen molar-refractivity contribution in [3.05, 3.63) is 0 Å². The van der Waals surface area contributed by atoms with Gasteiger partial charge in [0.1, 0.15) is 0 Å². The molecule has 2 aliphatic rings. The van der Waals surface area contributed by atoms with E-state index in [9.17, 15) is 4.79 Å². The van der Waals surface area contributed by atoms with Crippen LogP contribution in [0, 0.1) is 0 Å². The van der Waals surface area contributed by atoms with Crippen LogP contribution >= 0.6 is 0 Å². The van der Waals surface area contributed by atoms with E-state index in [-0.39, 0.29) is 12.0 Å². The van der Waals surface area contributed by atoms with Crippen molar-refractivity contribution < 1.29 is 9.90 Å². The quantitative estimate of drug-likeness (QED) is 0.689. The second-order valence-electron chi connectivity index (χ2n) is 5.10. The second-order valence-corrected chi connectivity index (χ2v) is 5.10. The van der Waals surface area contributed by atoms with Crippen LogP contribution in [0.3, 0.4) is 0 Å². The van der Waals surface area contributed by atoms with E-state index in [0.29, 0.717) is 25.7 Å². The van der Waals surface area contributed by atoms with E-state index in [1.54, 1.807) is 0 Å². The normalized spacial score (nSPS) is 24.8. The molecule has 2 rings (SSSR count). The molecule has 1 saturated carbocycles. The molecule has 92 valence electrons. The van der Waals surface area contributed by atoms with E-state index in [1.165, 1.54) is 25.7 Å². The highest BCUT2D eigenvalue weighted by Crippen LogP contribution is 2.17. The fourth-order valence-corrected chi connectivity index (χ4v) is 2.57. The minimum absolute atomic E-state index is 0.124. The molecule has 0 aromatic heterocycles. The van der Waals surface area contributed by atoms with Crippen molar-refractivity contribution in [2.24, 2.45) is 0 Å². The van der Waals surface area contributed by atoms with Crippen molar-refractivity contribution >= 4 is 5.91 Å². The van der Waals surface area contributed by atoms with Crippen LogP contribution in [0.15, 0.2) is 0 Å². The first kappa shape index (κ1) is 11.9. The van der Waals surface area contributed by atoms with Gasteiger partial charge in [0.2, 0.25) is 5.91 Å². The summed E-state index contributed by atoms with van der Waals surface area (Å²) in [5.74, 6) is 0.124. The zero-order valence-corrected chi connectivity index (χ0v) is 9.82. The maximum absolute atomic E-state index is 11.7. The third-order valence-electron chi connectivity index (χ3n) is 3.53. The molecule has 1 amide bonds. The summed E-state index contributed by atoms with van der Waals surface area (Å²) in [6, 6.07) is 0.390. The van der Waals surface area contributed by atoms with Gasteiger partial charge in [-0.15, -0.1) is 0 Å². The number of rotatable bonds is 3. The molecule has 1 aliphatic carbocycles. The molecule has 16 heavy (non-hydrogen) atoms. The van der Waals surface area contributed by atoms with Crippen LogP contribution in [0.2, 0.25) is 0 Å². The van der Waals surface area contributed by atoms with Gasteiger partial charge in [0, 0.05) is 19.1 Å².